The number of anilines is 2. The molecule has 0 radical (unpaired) electrons. The van der Waals surface area contributed by atoms with E-state index in [2.05, 4.69) is 47.8 Å². The standard InChI is InChI=1S/C35H43BrN4O4S/c1-6-19-37(5)32(42)28-29-33(43)40(27(22-41)23-13-11-10-12-14-23)31(35(29)21-26(36)30(28)45-35)34(44)39(20-7-2)25-17-15-24(16-18-25)38(8-3)9-4/h6-7,10-18,26-31,41H,1-2,8-9,19-22H2,3-5H3/t26?,27-,28-,29+,30-,31?,35?/m1/s1. The number of hydrogen-bond donors (Lipinski definition) is 1. The number of aliphatic hydroxyl groups is 1. The molecule has 2 bridgehead atoms. The molecule has 5 rings (SSSR count). The molecule has 1 N–H and O–H groups in total. The Labute approximate surface area is 279 Å². The highest BCUT2D eigenvalue weighted by molar-refractivity contribution is 9.09. The number of likely N-dealkylation sites (N-methyl/N-ethyl adjacent to an activating group) is 1. The van der Waals surface area contributed by atoms with Crippen LogP contribution in [0.2, 0.25) is 0 Å². The summed E-state index contributed by atoms with van der Waals surface area (Å²) < 4.78 is -0.856. The Hall–Kier alpha value is -3.08. The quantitative estimate of drug-likeness (QED) is 0.238. The molecule has 0 aromatic heterocycles. The van der Waals surface area contributed by atoms with Gasteiger partial charge in [0, 0.05) is 54.7 Å². The number of carbonyl (C=O) groups is 3. The molecule has 8 nitrogen and oxygen atoms in total. The fourth-order valence-corrected chi connectivity index (χ4v) is 11.2. The zero-order valence-corrected chi connectivity index (χ0v) is 28.6. The van der Waals surface area contributed by atoms with E-state index in [0.29, 0.717) is 18.7 Å². The highest BCUT2D eigenvalue weighted by Gasteiger charge is 2.76. The van der Waals surface area contributed by atoms with Crippen LogP contribution in [0.3, 0.4) is 0 Å². The first kappa shape index (κ1) is 33.3. The van der Waals surface area contributed by atoms with Crippen LogP contribution in [0.5, 0.6) is 0 Å². The highest BCUT2D eigenvalue weighted by Crippen LogP contribution is 2.68. The second-order valence-corrected chi connectivity index (χ2v) is 14.7. The van der Waals surface area contributed by atoms with Crippen LogP contribution in [0.4, 0.5) is 11.4 Å². The molecule has 45 heavy (non-hydrogen) atoms. The van der Waals surface area contributed by atoms with E-state index in [1.807, 2.05) is 54.6 Å². The average molecular weight is 696 g/mol. The molecule has 240 valence electrons. The minimum absolute atomic E-state index is 0.0570. The Bertz CT molecular complexity index is 1420. The molecule has 10 heteroatoms. The van der Waals surface area contributed by atoms with Gasteiger partial charge in [0.2, 0.25) is 11.8 Å². The number of benzene rings is 2. The van der Waals surface area contributed by atoms with E-state index in [-0.39, 0.29) is 41.0 Å². The minimum Gasteiger partial charge on any atom is -0.394 e. The van der Waals surface area contributed by atoms with Gasteiger partial charge in [-0.15, -0.1) is 24.9 Å². The van der Waals surface area contributed by atoms with Crippen LogP contribution in [0.15, 0.2) is 79.9 Å². The Morgan fingerprint density at radius 3 is 2.24 bits per heavy atom. The number of nitrogens with zero attached hydrogens (tertiary/aromatic N) is 4. The number of thioether (sulfide) groups is 1. The van der Waals surface area contributed by atoms with E-state index in [9.17, 15) is 14.7 Å². The zero-order valence-electron chi connectivity index (χ0n) is 26.2. The Kier molecular flexibility index (Phi) is 10.2. The molecule has 3 fully saturated rings. The molecule has 2 aromatic rings. The molecule has 3 aliphatic rings. The van der Waals surface area contributed by atoms with Gasteiger partial charge >= 0.3 is 0 Å². The summed E-state index contributed by atoms with van der Waals surface area (Å²) in [7, 11) is 1.73. The van der Waals surface area contributed by atoms with Gasteiger partial charge in [-0.05, 0) is 50.1 Å². The maximum atomic E-state index is 15.1. The average Bonchev–Trinajstić information content (AvgIpc) is 3.64. The summed E-state index contributed by atoms with van der Waals surface area (Å²) in [6.07, 6.45) is 3.91. The van der Waals surface area contributed by atoms with E-state index in [0.717, 1.165) is 24.3 Å². The molecule has 3 aliphatic heterocycles. The van der Waals surface area contributed by atoms with Gasteiger partial charge in [-0.3, -0.25) is 14.4 Å². The summed E-state index contributed by atoms with van der Waals surface area (Å²) in [6, 6.07) is 15.6. The second-order valence-electron chi connectivity index (χ2n) is 12.0. The fourth-order valence-electron chi connectivity index (χ4n) is 7.56. The molecular weight excluding hydrogens is 652 g/mol. The summed E-state index contributed by atoms with van der Waals surface area (Å²) in [4.78, 5) is 50.9. The number of amides is 3. The van der Waals surface area contributed by atoms with Gasteiger partial charge in [0.1, 0.15) is 6.04 Å². The van der Waals surface area contributed by atoms with Gasteiger partial charge in [-0.2, -0.15) is 0 Å². The predicted molar refractivity (Wildman–Crippen MR) is 186 cm³/mol. The molecule has 3 heterocycles. The number of aliphatic hydroxyl groups excluding tert-OH is 1. The van der Waals surface area contributed by atoms with Crippen molar-refractivity contribution in [3.63, 3.8) is 0 Å². The van der Waals surface area contributed by atoms with Crippen molar-refractivity contribution in [2.75, 3.05) is 49.6 Å². The van der Waals surface area contributed by atoms with Crippen LogP contribution in [-0.4, -0.2) is 93.3 Å². The number of hydrogen-bond acceptors (Lipinski definition) is 6. The second kappa shape index (κ2) is 13.7. The van der Waals surface area contributed by atoms with Crippen molar-refractivity contribution < 1.29 is 19.5 Å². The zero-order chi connectivity index (χ0) is 32.5. The molecule has 1 spiro atoms. The van der Waals surface area contributed by atoms with Crippen molar-refractivity contribution in [1.29, 1.82) is 0 Å². The molecule has 3 unspecified atom stereocenters. The lowest BCUT2D eigenvalue weighted by Crippen LogP contribution is -2.56. The van der Waals surface area contributed by atoms with Crippen molar-refractivity contribution in [2.24, 2.45) is 11.8 Å². The maximum Gasteiger partial charge on any atom is 0.251 e. The summed E-state index contributed by atoms with van der Waals surface area (Å²) in [5.41, 5.74) is 2.50. The monoisotopic (exact) mass is 694 g/mol. The third-order valence-electron chi connectivity index (χ3n) is 9.59. The van der Waals surface area contributed by atoms with Crippen molar-refractivity contribution in [1.82, 2.24) is 9.80 Å². The van der Waals surface area contributed by atoms with Crippen molar-refractivity contribution in [3.05, 3.63) is 85.5 Å². The fraction of sp³-hybridized carbons (Fsp3) is 0.457. The molecule has 7 atom stereocenters. The first-order valence-corrected chi connectivity index (χ1v) is 17.4. The molecule has 0 saturated carbocycles. The van der Waals surface area contributed by atoms with Crippen LogP contribution >= 0.6 is 27.7 Å². The molecule has 2 aromatic carbocycles. The number of fused-ring (bicyclic) bond motifs is 1. The molecular formula is C35H43BrN4O4S. The van der Waals surface area contributed by atoms with Crippen molar-refractivity contribution in [2.45, 2.75) is 47.2 Å². The number of likely N-dealkylation sites (tertiary alicyclic amines) is 1. The van der Waals surface area contributed by atoms with Crippen LogP contribution in [-0.2, 0) is 14.4 Å². The van der Waals surface area contributed by atoms with Gasteiger partial charge in [0.05, 0.1) is 29.2 Å². The molecule has 0 aliphatic carbocycles. The van der Waals surface area contributed by atoms with Crippen LogP contribution < -0.4 is 9.80 Å². The number of alkyl halides is 1. The van der Waals surface area contributed by atoms with Gasteiger partial charge in [0.25, 0.3) is 5.91 Å². The van der Waals surface area contributed by atoms with E-state index < -0.39 is 28.7 Å². The summed E-state index contributed by atoms with van der Waals surface area (Å²) >= 11 is 5.45. The van der Waals surface area contributed by atoms with Gasteiger partial charge in [0.15, 0.2) is 0 Å². The Balaban J connectivity index is 1.63. The number of halogens is 1. The summed E-state index contributed by atoms with van der Waals surface area (Å²) in [6.45, 7) is 13.9. The summed E-state index contributed by atoms with van der Waals surface area (Å²) in [5.74, 6) is -1.94. The van der Waals surface area contributed by atoms with E-state index in [4.69, 9.17) is 0 Å². The Morgan fingerprint density at radius 1 is 1.04 bits per heavy atom. The number of carbonyl (C=O) groups excluding carboxylic acids is 3. The SMILES string of the molecule is C=CCN(C)C(=O)[C@H]1[C@@H]2SC3(CC2Br)C(C(=O)N(CC=C)c2ccc(N(CC)CC)cc2)N([C@H](CO)c2ccccc2)C(=O)[C@H]13. The topological polar surface area (TPSA) is 84.4 Å². The summed E-state index contributed by atoms with van der Waals surface area (Å²) in [5, 5.41) is 10.7. The lowest BCUT2D eigenvalue weighted by atomic mass is 9.70. The van der Waals surface area contributed by atoms with Crippen LogP contribution in [0.25, 0.3) is 0 Å². The van der Waals surface area contributed by atoms with E-state index >= 15 is 4.79 Å². The van der Waals surface area contributed by atoms with Crippen molar-refractivity contribution in [3.8, 4) is 0 Å². The normalized spacial score (nSPS) is 27.2. The smallest absolute Gasteiger partial charge is 0.251 e. The van der Waals surface area contributed by atoms with Crippen LogP contribution in [0.1, 0.15) is 31.9 Å². The highest BCUT2D eigenvalue weighted by atomic mass is 79.9. The predicted octanol–water partition coefficient (Wildman–Crippen LogP) is 4.89. The van der Waals surface area contributed by atoms with E-state index in [1.54, 1.807) is 45.7 Å². The van der Waals surface area contributed by atoms with E-state index in [1.165, 1.54) is 0 Å². The lowest BCUT2D eigenvalue weighted by Gasteiger charge is -2.40. The van der Waals surface area contributed by atoms with Gasteiger partial charge < -0.3 is 24.7 Å². The van der Waals surface area contributed by atoms with Crippen molar-refractivity contribution >= 4 is 56.8 Å². The first-order chi connectivity index (χ1) is 21.7. The largest absolute Gasteiger partial charge is 0.394 e. The molecule has 3 amide bonds. The van der Waals surface area contributed by atoms with Gasteiger partial charge in [-0.1, -0.05) is 58.4 Å². The van der Waals surface area contributed by atoms with Crippen LogP contribution in [0, 0.1) is 11.8 Å². The number of rotatable bonds is 13. The third-order valence-corrected chi connectivity index (χ3v) is 12.8. The Morgan fingerprint density at radius 2 is 1.67 bits per heavy atom. The first-order valence-electron chi connectivity index (χ1n) is 15.6. The molecule has 3 saturated heterocycles. The maximum absolute atomic E-state index is 15.1. The lowest BCUT2D eigenvalue weighted by molar-refractivity contribution is -0.144. The third kappa shape index (κ3) is 5.63. The minimum atomic E-state index is -0.910. The van der Waals surface area contributed by atoms with Gasteiger partial charge in [-0.25, -0.2) is 0 Å².